The van der Waals surface area contributed by atoms with Gasteiger partial charge in [0, 0.05) is 49.6 Å². The van der Waals surface area contributed by atoms with E-state index >= 15 is 0 Å². The Labute approximate surface area is 204 Å². The van der Waals surface area contributed by atoms with Crippen LogP contribution < -0.4 is 19.5 Å². The van der Waals surface area contributed by atoms with Gasteiger partial charge in [0.2, 0.25) is 0 Å². The molecule has 2 amide bonds. The van der Waals surface area contributed by atoms with Crippen LogP contribution in [0, 0.1) is 0 Å². The molecule has 1 N–H and O–H groups in total. The Morgan fingerprint density at radius 3 is 2.37 bits per heavy atom. The lowest BCUT2D eigenvalue weighted by atomic mass is 10.1. The van der Waals surface area contributed by atoms with Crippen LogP contribution in [0.2, 0.25) is 0 Å². The molecular weight excluding hydrogens is 444 g/mol. The lowest BCUT2D eigenvalue weighted by Gasteiger charge is -2.41. The van der Waals surface area contributed by atoms with Gasteiger partial charge in [0.25, 0.3) is 0 Å². The number of urea groups is 1. The highest BCUT2D eigenvalue weighted by Crippen LogP contribution is 2.38. The maximum atomic E-state index is 13.1. The number of fused-ring (bicyclic) bond motifs is 2. The molecule has 0 aliphatic carbocycles. The van der Waals surface area contributed by atoms with Crippen molar-refractivity contribution in [2.45, 2.75) is 13.0 Å². The molecule has 1 fully saturated rings. The second kappa shape index (κ2) is 9.58. The summed E-state index contributed by atoms with van der Waals surface area (Å²) in [5.74, 6) is 3.59. The number of rotatable bonds is 3. The average Bonchev–Trinajstić information content (AvgIpc) is 3.05. The third-order valence-electron chi connectivity index (χ3n) is 6.23. The smallest absolute Gasteiger partial charge is 0.322 e. The molecule has 0 aromatic heterocycles. The molecule has 1 unspecified atom stereocenters. The number of nitrogens with one attached hydrogen (secondary N) is 1. The van der Waals surface area contributed by atoms with Crippen molar-refractivity contribution >= 4 is 23.2 Å². The number of amidine groups is 1. The summed E-state index contributed by atoms with van der Waals surface area (Å²) >= 11 is 0. The highest BCUT2D eigenvalue weighted by Gasteiger charge is 2.31. The van der Waals surface area contributed by atoms with E-state index in [0.29, 0.717) is 36.8 Å². The number of para-hydroxylation sites is 3. The van der Waals surface area contributed by atoms with Crippen molar-refractivity contribution in [2.75, 3.05) is 39.2 Å². The van der Waals surface area contributed by atoms with Crippen LogP contribution in [0.3, 0.4) is 0 Å². The van der Waals surface area contributed by atoms with Crippen molar-refractivity contribution in [3.05, 3.63) is 72.3 Å². The zero-order chi connectivity index (χ0) is 24.4. The Morgan fingerprint density at radius 1 is 0.971 bits per heavy atom. The number of amides is 2. The molecule has 2 aliphatic heterocycles. The largest absolute Gasteiger partial charge is 0.497 e. The molecule has 8 heteroatoms. The predicted molar refractivity (Wildman–Crippen MR) is 135 cm³/mol. The van der Waals surface area contributed by atoms with Crippen LogP contribution in [0.1, 0.15) is 12.5 Å². The maximum absolute atomic E-state index is 13.1. The maximum Gasteiger partial charge on any atom is 0.322 e. The SMILES string of the molecule is COc1cc(NC(=O)N2CCN(C3=Nc4ccccc4Oc4ccccc43)CC2C)cc(OC)c1. The number of nitrogens with zero attached hydrogens (tertiary/aromatic N) is 3. The molecule has 0 radical (unpaired) electrons. The number of hydrogen-bond donors (Lipinski definition) is 1. The molecule has 0 spiro atoms. The lowest BCUT2D eigenvalue weighted by molar-refractivity contribution is 0.145. The number of methoxy groups -OCH3 is 2. The van der Waals surface area contributed by atoms with Gasteiger partial charge in [-0.05, 0) is 31.2 Å². The molecule has 5 rings (SSSR count). The van der Waals surface area contributed by atoms with E-state index < -0.39 is 0 Å². The van der Waals surface area contributed by atoms with E-state index in [0.717, 1.165) is 28.6 Å². The second-order valence-electron chi connectivity index (χ2n) is 8.52. The first kappa shape index (κ1) is 22.6. The van der Waals surface area contributed by atoms with Gasteiger partial charge in [-0.15, -0.1) is 0 Å². The molecule has 2 aliphatic rings. The van der Waals surface area contributed by atoms with Crippen LogP contribution in [-0.4, -0.2) is 61.6 Å². The summed E-state index contributed by atoms with van der Waals surface area (Å²) in [7, 11) is 3.17. The number of carbonyl (C=O) groups is 1. The number of benzene rings is 3. The molecule has 0 saturated carbocycles. The lowest BCUT2D eigenvalue weighted by Crippen LogP contribution is -2.56. The predicted octanol–water partition coefficient (Wildman–Crippen LogP) is 5.13. The quantitative estimate of drug-likeness (QED) is 0.572. The molecule has 3 aromatic rings. The van der Waals surface area contributed by atoms with E-state index in [9.17, 15) is 4.79 Å². The second-order valence-corrected chi connectivity index (χ2v) is 8.52. The van der Waals surface area contributed by atoms with Crippen molar-refractivity contribution in [3.8, 4) is 23.0 Å². The number of piperazine rings is 1. The summed E-state index contributed by atoms with van der Waals surface area (Å²) in [5, 5.41) is 2.98. The average molecular weight is 473 g/mol. The molecule has 1 saturated heterocycles. The molecule has 0 bridgehead atoms. The first-order valence-electron chi connectivity index (χ1n) is 11.6. The fourth-order valence-corrected chi connectivity index (χ4v) is 4.44. The number of ether oxygens (including phenoxy) is 3. The van der Waals surface area contributed by atoms with Gasteiger partial charge in [0.05, 0.1) is 19.8 Å². The number of hydrogen-bond acceptors (Lipinski definition) is 6. The van der Waals surface area contributed by atoms with Crippen molar-refractivity contribution in [1.82, 2.24) is 9.80 Å². The number of anilines is 1. The first-order valence-corrected chi connectivity index (χ1v) is 11.6. The fraction of sp³-hybridized carbons (Fsp3) is 0.259. The highest BCUT2D eigenvalue weighted by atomic mass is 16.5. The highest BCUT2D eigenvalue weighted by molar-refractivity contribution is 6.04. The minimum Gasteiger partial charge on any atom is -0.497 e. The molecule has 180 valence electrons. The van der Waals surface area contributed by atoms with E-state index in [1.165, 1.54) is 0 Å². The van der Waals surface area contributed by atoms with Crippen LogP contribution in [0.4, 0.5) is 16.2 Å². The van der Waals surface area contributed by atoms with Crippen molar-refractivity contribution in [3.63, 3.8) is 0 Å². The van der Waals surface area contributed by atoms with Gasteiger partial charge in [-0.25, -0.2) is 9.79 Å². The summed E-state index contributed by atoms with van der Waals surface area (Å²) in [5.41, 5.74) is 2.35. The Kier molecular flexibility index (Phi) is 6.18. The number of carbonyl (C=O) groups excluding carboxylic acids is 1. The Balaban J connectivity index is 1.35. The van der Waals surface area contributed by atoms with Gasteiger partial charge in [-0.1, -0.05) is 24.3 Å². The van der Waals surface area contributed by atoms with Gasteiger partial charge in [-0.2, -0.15) is 0 Å². The first-order chi connectivity index (χ1) is 17.1. The molecule has 8 nitrogen and oxygen atoms in total. The minimum atomic E-state index is -0.163. The van der Waals surface area contributed by atoms with Crippen LogP contribution in [-0.2, 0) is 0 Å². The van der Waals surface area contributed by atoms with Gasteiger partial charge >= 0.3 is 6.03 Å². The van der Waals surface area contributed by atoms with Crippen molar-refractivity contribution in [1.29, 1.82) is 0 Å². The summed E-state index contributed by atoms with van der Waals surface area (Å²) < 4.78 is 16.8. The fourth-order valence-electron chi connectivity index (χ4n) is 4.44. The van der Waals surface area contributed by atoms with Crippen LogP contribution in [0.15, 0.2) is 71.7 Å². The van der Waals surface area contributed by atoms with Gasteiger partial charge < -0.3 is 29.3 Å². The minimum absolute atomic E-state index is 0.0365. The van der Waals surface area contributed by atoms with Crippen LogP contribution in [0.25, 0.3) is 0 Å². The van der Waals surface area contributed by atoms with Crippen molar-refractivity contribution < 1.29 is 19.0 Å². The number of aliphatic imine (C=N–C) groups is 1. The van der Waals surface area contributed by atoms with Gasteiger partial charge in [0.1, 0.15) is 28.8 Å². The van der Waals surface area contributed by atoms with Crippen LogP contribution in [0.5, 0.6) is 23.0 Å². The topological polar surface area (TPSA) is 75.6 Å². The summed E-state index contributed by atoms with van der Waals surface area (Å²) in [4.78, 5) is 22.2. The standard InChI is InChI=1S/C27H28N4O4/c1-18-17-30(12-13-31(18)27(32)28-19-14-20(33-2)16-21(15-19)34-3)26-22-8-4-6-10-24(22)35-25-11-7-5-9-23(25)29-26/h4-11,14-16,18H,12-13,17H2,1-3H3,(H,28,32). The van der Waals surface area contributed by atoms with E-state index in [4.69, 9.17) is 19.2 Å². The van der Waals surface area contributed by atoms with E-state index in [2.05, 4.69) is 10.2 Å². The summed E-state index contributed by atoms with van der Waals surface area (Å²) in [6.45, 7) is 3.89. The Bertz CT molecular complexity index is 1250. The summed E-state index contributed by atoms with van der Waals surface area (Å²) in [6.07, 6.45) is 0. The van der Waals surface area contributed by atoms with Crippen molar-refractivity contribution in [2.24, 2.45) is 4.99 Å². The normalized spacial score (nSPS) is 16.8. The Morgan fingerprint density at radius 2 is 1.66 bits per heavy atom. The van der Waals surface area contributed by atoms with Gasteiger partial charge in [0.15, 0.2) is 5.75 Å². The zero-order valence-electron chi connectivity index (χ0n) is 20.0. The van der Waals surface area contributed by atoms with Gasteiger partial charge in [-0.3, -0.25) is 0 Å². The molecule has 1 atom stereocenters. The van der Waals surface area contributed by atoms with E-state index in [-0.39, 0.29) is 12.1 Å². The molecular formula is C27H28N4O4. The third-order valence-corrected chi connectivity index (χ3v) is 6.23. The third kappa shape index (κ3) is 4.59. The zero-order valence-corrected chi connectivity index (χ0v) is 20.0. The Hall–Kier alpha value is -4.20. The molecule has 35 heavy (non-hydrogen) atoms. The van der Waals surface area contributed by atoms with Crippen LogP contribution >= 0.6 is 0 Å². The molecule has 2 heterocycles. The van der Waals surface area contributed by atoms with E-state index in [1.807, 2.05) is 60.4 Å². The molecule has 3 aromatic carbocycles. The monoisotopic (exact) mass is 472 g/mol. The summed E-state index contributed by atoms with van der Waals surface area (Å²) in [6, 6.07) is 20.8. The van der Waals surface area contributed by atoms with E-state index in [1.54, 1.807) is 32.4 Å².